The van der Waals surface area contributed by atoms with Crippen LogP contribution < -0.4 is 0 Å². The third kappa shape index (κ3) is 3.74. The number of hydrogen-bond donors (Lipinski definition) is 0. The van der Waals surface area contributed by atoms with Crippen LogP contribution in [-0.4, -0.2) is 12.6 Å². The molecule has 1 aliphatic carbocycles. The maximum Gasteiger partial charge on any atom is 0.331 e. The molecule has 0 atom stereocenters. The molecular formula is C11H14O2. The summed E-state index contributed by atoms with van der Waals surface area (Å²) in [6.45, 7) is 3.97. The van der Waals surface area contributed by atoms with Gasteiger partial charge in [-0.2, -0.15) is 0 Å². The highest BCUT2D eigenvalue weighted by Crippen LogP contribution is 2.15. The van der Waals surface area contributed by atoms with Gasteiger partial charge in [0.1, 0.15) is 0 Å². The molecule has 0 saturated carbocycles. The van der Waals surface area contributed by atoms with Crippen molar-refractivity contribution >= 4 is 5.97 Å². The van der Waals surface area contributed by atoms with Crippen LogP contribution in [0.5, 0.6) is 0 Å². The lowest BCUT2D eigenvalue weighted by atomic mass is 10.2. The summed E-state index contributed by atoms with van der Waals surface area (Å²) in [4.78, 5) is 11.1. The molecule has 0 saturated heterocycles. The molecule has 1 rings (SSSR count). The Labute approximate surface area is 78.6 Å². The molecule has 0 aromatic rings. The van der Waals surface area contributed by atoms with E-state index in [0.717, 1.165) is 18.4 Å². The van der Waals surface area contributed by atoms with E-state index in [-0.39, 0.29) is 5.97 Å². The average Bonchev–Trinajstić information content (AvgIpc) is 2.57. The maximum atomic E-state index is 11.1. The first-order valence-electron chi connectivity index (χ1n) is 4.47. The normalized spacial score (nSPS) is 17.7. The lowest BCUT2D eigenvalue weighted by Gasteiger charge is -1.98. The molecule has 2 heteroatoms. The van der Waals surface area contributed by atoms with Gasteiger partial charge in [-0.05, 0) is 24.8 Å². The Morgan fingerprint density at radius 1 is 1.69 bits per heavy atom. The van der Waals surface area contributed by atoms with Crippen LogP contribution in [0.4, 0.5) is 0 Å². The van der Waals surface area contributed by atoms with Crippen LogP contribution in [0.3, 0.4) is 0 Å². The molecule has 2 nitrogen and oxygen atoms in total. The zero-order valence-corrected chi connectivity index (χ0v) is 7.66. The van der Waals surface area contributed by atoms with E-state index < -0.39 is 0 Å². The van der Waals surface area contributed by atoms with Crippen molar-refractivity contribution in [2.75, 3.05) is 6.61 Å². The number of hydrogen-bond acceptors (Lipinski definition) is 2. The topological polar surface area (TPSA) is 26.3 Å². The summed E-state index contributed by atoms with van der Waals surface area (Å²) in [6, 6.07) is 0. The van der Waals surface area contributed by atoms with E-state index in [2.05, 4.69) is 12.7 Å². The zero-order valence-electron chi connectivity index (χ0n) is 7.66. The van der Waals surface area contributed by atoms with Crippen LogP contribution in [0, 0.1) is 0 Å². The van der Waals surface area contributed by atoms with E-state index in [1.54, 1.807) is 12.2 Å². The summed E-state index contributed by atoms with van der Waals surface area (Å²) in [5.41, 5.74) is 1.06. The average molecular weight is 178 g/mol. The Balaban J connectivity index is 2.27. The highest BCUT2D eigenvalue weighted by atomic mass is 16.5. The van der Waals surface area contributed by atoms with Gasteiger partial charge in [0, 0.05) is 6.08 Å². The second-order valence-corrected chi connectivity index (χ2v) is 2.91. The second kappa shape index (κ2) is 5.36. The smallest absolute Gasteiger partial charge is 0.331 e. The third-order valence-electron chi connectivity index (χ3n) is 1.80. The first kappa shape index (κ1) is 9.78. The first-order chi connectivity index (χ1) is 6.33. The molecule has 0 radical (unpaired) electrons. The summed E-state index contributed by atoms with van der Waals surface area (Å²) < 4.78 is 4.92. The van der Waals surface area contributed by atoms with E-state index >= 15 is 0 Å². The van der Waals surface area contributed by atoms with E-state index in [9.17, 15) is 4.79 Å². The molecule has 0 amide bonds. The molecule has 0 fully saturated rings. The largest absolute Gasteiger partial charge is 0.462 e. The fourth-order valence-electron chi connectivity index (χ4n) is 1.12. The van der Waals surface area contributed by atoms with E-state index in [0.29, 0.717) is 13.0 Å². The molecule has 0 aromatic carbocycles. The lowest BCUT2D eigenvalue weighted by molar-refractivity contribution is -0.137. The SMILES string of the molecule is C=CCCOC(=O)/C=C1/C=CCC1. The van der Waals surface area contributed by atoms with Gasteiger partial charge in [-0.15, -0.1) is 6.58 Å². The van der Waals surface area contributed by atoms with Crippen LogP contribution >= 0.6 is 0 Å². The Bertz CT molecular complexity index is 249. The first-order valence-corrected chi connectivity index (χ1v) is 4.47. The van der Waals surface area contributed by atoms with Crippen LogP contribution in [-0.2, 0) is 9.53 Å². The predicted octanol–water partition coefficient (Wildman–Crippen LogP) is 2.38. The van der Waals surface area contributed by atoms with Crippen molar-refractivity contribution in [1.82, 2.24) is 0 Å². The Morgan fingerprint density at radius 3 is 3.15 bits per heavy atom. The standard InChI is InChI=1S/C11H14O2/c1-2-3-8-13-11(12)9-10-6-4-5-7-10/h2,4,6,9H,1,3,5,7-8H2/b10-9-. The zero-order chi connectivity index (χ0) is 9.52. The van der Waals surface area contributed by atoms with Gasteiger partial charge in [-0.3, -0.25) is 0 Å². The van der Waals surface area contributed by atoms with Crippen LogP contribution in [0.1, 0.15) is 19.3 Å². The molecule has 0 heterocycles. The van der Waals surface area contributed by atoms with Crippen LogP contribution in [0.25, 0.3) is 0 Å². The Hall–Kier alpha value is -1.31. The van der Waals surface area contributed by atoms with Crippen molar-refractivity contribution in [1.29, 1.82) is 0 Å². The molecule has 13 heavy (non-hydrogen) atoms. The van der Waals surface area contributed by atoms with Gasteiger partial charge >= 0.3 is 5.97 Å². The minimum absolute atomic E-state index is 0.247. The predicted molar refractivity (Wildman–Crippen MR) is 52.2 cm³/mol. The highest BCUT2D eigenvalue weighted by molar-refractivity contribution is 5.83. The Morgan fingerprint density at radius 2 is 2.54 bits per heavy atom. The lowest BCUT2D eigenvalue weighted by Crippen LogP contribution is -2.02. The summed E-state index contributed by atoms with van der Waals surface area (Å²) in [5.74, 6) is -0.247. The fourth-order valence-corrected chi connectivity index (χ4v) is 1.12. The minimum atomic E-state index is -0.247. The van der Waals surface area contributed by atoms with Crippen LogP contribution in [0.15, 0.2) is 36.5 Å². The number of carbonyl (C=O) groups is 1. The number of ether oxygens (including phenoxy) is 1. The van der Waals surface area contributed by atoms with Crippen molar-refractivity contribution in [3.05, 3.63) is 36.5 Å². The van der Waals surface area contributed by atoms with E-state index in [4.69, 9.17) is 4.74 Å². The third-order valence-corrected chi connectivity index (χ3v) is 1.80. The van der Waals surface area contributed by atoms with E-state index in [1.165, 1.54) is 0 Å². The molecular weight excluding hydrogens is 164 g/mol. The van der Waals surface area contributed by atoms with Crippen molar-refractivity contribution in [3.63, 3.8) is 0 Å². The second-order valence-electron chi connectivity index (χ2n) is 2.91. The van der Waals surface area contributed by atoms with Crippen molar-refractivity contribution in [3.8, 4) is 0 Å². The van der Waals surface area contributed by atoms with Gasteiger partial charge in [-0.25, -0.2) is 4.79 Å². The number of allylic oxidation sites excluding steroid dienone is 3. The quantitative estimate of drug-likeness (QED) is 0.286. The minimum Gasteiger partial charge on any atom is -0.462 e. The van der Waals surface area contributed by atoms with Gasteiger partial charge in [0.2, 0.25) is 0 Å². The molecule has 0 aromatic heterocycles. The van der Waals surface area contributed by atoms with Crippen LogP contribution in [0.2, 0.25) is 0 Å². The summed E-state index contributed by atoms with van der Waals surface area (Å²) >= 11 is 0. The molecule has 0 unspecified atom stereocenters. The molecule has 0 spiro atoms. The van der Waals surface area contributed by atoms with Crippen molar-refractivity contribution < 1.29 is 9.53 Å². The summed E-state index contributed by atoms with van der Waals surface area (Å²) in [7, 11) is 0. The number of esters is 1. The molecule has 0 bridgehead atoms. The van der Waals surface area contributed by atoms with Gasteiger partial charge in [0.25, 0.3) is 0 Å². The van der Waals surface area contributed by atoms with Gasteiger partial charge in [0.05, 0.1) is 6.61 Å². The van der Waals surface area contributed by atoms with Crippen molar-refractivity contribution in [2.24, 2.45) is 0 Å². The van der Waals surface area contributed by atoms with Gasteiger partial charge in [-0.1, -0.05) is 18.2 Å². The fraction of sp³-hybridized carbons (Fsp3) is 0.364. The number of rotatable bonds is 4. The van der Waals surface area contributed by atoms with Gasteiger partial charge in [0.15, 0.2) is 0 Å². The monoisotopic (exact) mass is 178 g/mol. The molecule has 0 N–H and O–H groups in total. The molecule has 0 aliphatic heterocycles. The molecule has 70 valence electrons. The van der Waals surface area contributed by atoms with E-state index in [1.807, 2.05) is 6.08 Å². The highest BCUT2D eigenvalue weighted by Gasteiger charge is 2.03. The maximum absolute atomic E-state index is 11.1. The van der Waals surface area contributed by atoms with Gasteiger partial charge < -0.3 is 4.74 Å². The molecule has 1 aliphatic rings. The van der Waals surface area contributed by atoms with Crippen molar-refractivity contribution in [2.45, 2.75) is 19.3 Å². The summed E-state index contributed by atoms with van der Waals surface area (Å²) in [5, 5.41) is 0. The summed E-state index contributed by atoms with van der Waals surface area (Å²) in [6.07, 6.45) is 10.0. The number of carbonyl (C=O) groups excluding carboxylic acids is 1. The Kier molecular flexibility index (Phi) is 4.03.